The molecule has 0 radical (unpaired) electrons. The molecule has 0 atom stereocenters. The molecular weight excluding hydrogens is 252 g/mol. The Morgan fingerprint density at radius 3 is 2.75 bits per heavy atom. The second-order valence-corrected chi connectivity index (χ2v) is 5.85. The minimum Gasteiger partial charge on any atom is -0.481 e. The maximum absolute atomic E-state index is 11.5. The molecular formula is C8H8N2O4S2. The summed E-state index contributed by atoms with van der Waals surface area (Å²) in [6, 6.07) is 4.54. The topological polar surface area (TPSA) is 107 Å². The second-order valence-electron chi connectivity index (χ2n) is 2.77. The number of rotatable bonds is 5. The van der Waals surface area contributed by atoms with Gasteiger partial charge in [0.25, 0.3) is 0 Å². The molecule has 0 fully saturated rings. The molecule has 0 unspecified atom stereocenters. The van der Waals surface area contributed by atoms with Crippen LogP contribution in [0, 0.1) is 11.3 Å². The molecule has 0 spiro atoms. The van der Waals surface area contributed by atoms with Crippen molar-refractivity contribution >= 4 is 27.3 Å². The highest BCUT2D eigenvalue weighted by Crippen LogP contribution is 2.20. The molecule has 0 aromatic carbocycles. The summed E-state index contributed by atoms with van der Waals surface area (Å²) in [7, 11) is -3.69. The molecule has 0 saturated heterocycles. The molecule has 1 heterocycles. The number of carbonyl (C=O) groups is 1. The van der Waals surface area contributed by atoms with Gasteiger partial charge in [0.05, 0.1) is 6.42 Å². The van der Waals surface area contributed by atoms with Crippen molar-refractivity contribution in [2.45, 2.75) is 10.6 Å². The SMILES string of the molecule is N#Cc1ccc(S(=O)(=O)NCCC(=O)O)s1. The lowest BCUT2D eigenvalue weighted by Crippen LogP contribution is -2.25. The van der Waals surface area contributed by atoms with Crippen LogP contribution in [0.15, 0.2) is 16.3 Å². The Bertz CT molecular complexity index is 526. The van der Waals surface area contributed by atoms with E-state index in [1.54, 1.807) is 0 Å². The molecule has 86 valence electrons. The molecule has 2 N–H and O–H groups in total. The molecule has 0 aliphatic carbocycles. The van der Waals surface area contributed by atoms with Crippen LogP contribution in [0.3, 0.4) is 0 Å². The van der Waals surface area contributed by atoms with E-state index in [4.69, 9.17) is 10.4 Å². The minimum absolute atomic E-state index is 0.00874. The third kappa shape index (κ3) is 3.30. The van der Waals surface area contributed by atoms with Crippen molar-refractivity contribution in [2.75, 3.05) is 6.54 Å². The van der Waals surface area contributed by atoms with Crippen molar-refractivity contribution in [3.8, 4) is 6.07 Å². The maximum atomic E-state index is 11.5. The number of carboxylic acids is 1. The number of hydrogen-bond acceptors (Lipinski definition) is 5. The fourth-order valence-corrected chi connectivity index (χ4v) is 3.07. The number of sulfonamides is 1. The van der Waals surface area contributed by atoms with E-state index in [-0.39, 0.29) is 17.2 Å². The number of carboxylic acid groups (broad SMARTS) is 1. The quantitative estimate of drug-likeness (QED) is 0.795. The molecule has 1 aromatic rings. The van der Waals surface area contributed by atoms with Crippen LogP contribution in [-0.4, -0.2) is 26.0 Å². The molecule has 1 aromatic heterocycles. The highest BCUT2D eigenvalue weighted by molar-refractivity contribution is 7.91. The van der Waals surface area contributed by atoms with Crippen LogP contribution in [0.5, 0.6) is 0 Å². The lowest BCUT2D eigenvalue weighted by atomic mass is 10.5. The number of nitrogens with zero attached hydrogens (tertiary/aromatic N) is 1. The van der Waals surface area contributed by atoms with Gasteiger partial charge in [-0.3, -0.25) is 4.79 Å². The predicted octanol–water partition coefficient (Wildman–Crippen LogP) is 0.373. The molecule has 6 nitrogen and oxygen atoms in total. The first kappa shape index (κ1) is 12.6. The van der Waals surface area contributed by atoms with E-state index in [0.29, 0.717) is 4.88 Å². The van der Waals surface area contributed by atoms with Gasteiger partial charge < -0.3 is 5.11 Å². The zero-order valence-corrected chi connectivity index (χ0v) is 9.64. The van der Waals surface area contributed by atoms with Crippen LogP contribution in [-0.2, 0) is 14.8 Å². The van der Waals surface area contributed by atoms with Crippen molar-refractivity contribution < 1.29 is 18.3 Å². The van der Waals surface area contributed by atoms with Crippen molar-refractivity contribution in [2.24, 2.45) is 0 Å². The zero-order valence-electron chi connectivity index (χ0n) is 8.00. The second kappa shape index (κ2) is 5.07. The van der Waals surface area contributed by atoms with Crippen LogP contribution < -0.4 is 4.72 Å². The van der Waals surface area contributed by atoms with Gasteiger partial charge in [-0.15, -0.1) is 11.3 Å². The highest BCUT2D eigenvalue weighted by atomic mass is 32.2. The van der Waals surface area contributed by atoms with Gasteiger partial charge in [-0.2, -0.15) is 5.26 Å². The van der Waals surface area contributed by atoms with Gasteiger partial charge in [0.2, 0.25) is 10.0 Å². The summed E-state index contributed by atoms with van der Waals surface area (Å²) in [6.45, 7) is -0.169. The number of thiophene rings is 1. The third-order valence-corrected chi connectivity index (χ3v) is 4.53. The van der Waals surface area contributed by atoms with Gasteiger partial charge in [-0.1, -0.05) is 0 Å². The summed E-state index contributed by atoms with van der Waals surface area (Å²) in [5.74, 6) is -1.08. The van der Waals surface area contributed by atoms with Crippen molar-refractivity contribution in [3.05, 3.63) is 17.0 Å². The summed E-state index contributed by atoms with van der Waals surface area (Å²) in [5.41, 5.74) is 0. The lowest BCUT2D eigenvalue weighted by Gasteiger charge is -2.01. The summed E-state index contributed by atoms with van der Waals surface area (Å²) < 4.78 is 25.2. The largest absolute Gasteiger partial charge is 0.481 e. The molecule has 0 saturated carbocycles. The fraction of sp³-hybridized carbons (Fsp3) is 0.250. The lowest BCUT2D eigenvalue weighted by molar-refractivity contribution is -0.136. The maximum Gasteiger partial charge on any atom is 0.304 e. The predicted molar refractivity (Wildman–Crippen MR) is 56.5 cm³/mol. The number of nitrogens with one attached hydrogen (secondary N) is 1. The number of nitriles is 1. The monoisotopic (exact) mass is 260 g/mol. The Labute approximate surface area is 96.2 Å². The van der Waals surface area contributed by atoms with Crippen LogP contribution in [0.25, 0.3) is 0 Å². The van der Waals surface area contributed by atoms with E-state index >= 15 is 0 Å². The van der Waals surface area contributed by atoms with Gasteiger partial charge >= 0.3 is 5.97 Å². The molecule has 0 aliphatic rings. The van der Waals surface area contributed by atoms with Crippen molar-refractivity contribution in [1.82, 2.24) is 4.72 Å². The summed E-state index contributed by atoms with van der Waals surface area (Å²) >= 11 is 0.840. The van der Waals surface area contributed by atoms with Gasteiger partial charge in [-0.25, -0.2) is 13.1 Å². The summed E-state index contributed by atoms with van der Waals surface area (Å²) in [6.07, 6.45) is -0.282. The normalized spacial score (nSPS) is 10.9. The van der Waals surface area contributed by atoms with E-state index in [1.165, 1.54) is 12.1 Å². The van der Waals surface area contributed by atoms with E-state index in [1.807, 2.05) is 6.07 Å². The first-order valence-corrected chi connectivity index (χ1v) is 6.47. The average molecular weight is 260 g/mol. The van der Waals surface area contributed by atoms with Gasteiger partial charge in [0.15, 0.2) is 0 Å². The molecule has 0 amide bonds. The molecule has 0 bridgehead atoms. The molecule has 1 rings (SSSR count). The molecule has 8 heteroatoms. The van der Waals surface area contributed by atoms with E-state index in [0.717, 1.165) is 11.3 Å². The van der Waals surface area contributed by atoms with Crippen LogP contribution in [0.1, 0.15) is 11.3 Å². The minimum atomic E-state index is -3.69. The van der Waals surface area contributed by atoms with Gasteiger partial charge in [0, 0.05) is 6.54 Å². The van der Waals surface area contributed by atoms with Crippen LogP contribution >= 0.6 is 11.3 Å². The van der Waals surface area contributed by atoms with Crippen LogP contribution in [0.2, 0.25) is 0 Å². The zero-order chi connectivity index (χ0) is 12.2. The van der Waals surface area contributed by atoms with Crippen molar-refractivity contribution in [3.63, 3.8) is 0 Å². The third-order valence-electron chi connectivity index (χ3n) is 1.59. The number of hydrogen-bond donors (Lipinski definition) is 2. The van der Waals surface area contributed by atoms with E-state index < -0.39 is 16.0 Å². The first-order chi connectivity index (χ1) is 7.45. The first-order valence-electron chi connectivity index (χ1n) is 4.17. The Morgan fingerprint density at radius 2 is 2.25 bits per heavy atom. The Kier molecular flexibility index (Phi) is 4.00. The fourth-order valence-electron chi connectivity index (χ4n) is 0.888. The van der Waals surface area contributed by atoms with E-state index in [2.05, 4.69) is 4.72 Å². The van der Waals surface area contributed by atoms with Crippen LogP contribution in [0.4, 0.5) is 0 Å². The van der Waals surface area contributed by atoms with Gasteiger partial charge in [0.1, 0.15) is 15.2 Å². The van der Waals surface area contributed by atoms with Gasteiger partial charge in [-0.05, 0) is 12.1 Å². The van der Waals surface area contributed by atoms with Crippen molar-refractivity contribution in [1.29, 1.82) is 5.26 Å². The number of aliphatic carboxylic acids is 1. The Balaban J connectivity index is 2.71. The highest BCUT2D eigenvalue weighted by Gasteiger charge is 2.16. The smallest absolute Gasteiger partial charge is 0.304 e. The van der Waals surface area contributed by atoms with E-state index in [9.17, 15) is 13.2 Å². The Morgan fingerprint density at radius 1 is 1.56 bits per heavy atom. The average Bonchev–Trinajstić information content (AvgIpc) is 2.65. The standard InChI is InChI=1S/C8H8N2O4S2/c9-5-6-1-2-8(15-6)16(13,14)10-4-3-7(11)12/h1-2,10H,3-4H2,(H,11,12). The molecule has 16 heavy (non-hydrogen) atoms. The summed E-state index contributed by atoms with van der Waals surface area (Å²) in [4.78, 5) is 10.5. The molecule has 0 aliphatic heterocycles. The summed E-state index contributed by atoms with van der Waals surface area (Å²) in [5, 5.41) is 16.9. The Hall–Kier alpha value is -1.43.